The van der Waals surface area contributed by atoms with Crippen LogP contribution in [0.4, 0.5) is 0 Å². The molecule has 4 aromatic rings. The van der Waals surface area contributed by atoms with Gasteiger partial charge in [0.15, 0.2) is 0 Å². The number of hydrogen-bond donors (Lipinski definition) is 1. The number of benzene rings is 1. The zero-order valence-electron chi connectivity index (χ0n) is 15.4. The van der Waals surface area contributed by atoms with E-state index in [9.17, 15) is 20.0 Å². The van der Waals surface area contributed by atoms with E-state index < -0.39 is 17.2 Å². The number of thiophene rings is 1. The Kier molecular flexibility index (Phi) is 5.16. The minimum absolute atomic E-state index is 0.0900. The molecule has 3 heterocycles. The van der Waals surface area contributed by atoms with Crippen LogP contribution in [0.1, 0.15) is 32.1 Å². The molecule has 0 saturated carbocycles. The van der Waals surface area contributed by atoms with Gasteiger partial charge >= 0.3 is 0 Å². The second kappa shape index (κ2) is 7.65. The summed E-state index contributed by atoms with van der Waals surface area (Å²) < 4.78 is 6.88. The van der Waals surface area contributed by atoms with Crippen LogP contribution in [0.25, 0.3) is 10.1 Å². The molecule has 1 aromatic carbocycles. The number of rotatable bonds is 4. The third-order valence-corrected chi connectivity index (χ3v) is 6.61. The van der Waals surface area contributed by atoms with Crippen molar-refractivity contribution in [3.8, 4) is 11.9 Å². The quantitative estimate of drug-likeness (QED) is 0.427. The van der Waals surface area contributed by atoms with Gasteiger partial charge in [0.05, 0.1) is 28.3 Å². The second-order valence-electron chi connectivity index (χ2n) is 6.50. The van der Waals surface area contributed by atoms with Crippen molar-refractivity contribution in [1.29, 1.82) is 5.26 Å². The first-order valence-electron chi connectivity index (χ1n) is 8.64. The number of aromatic nitrogens is 1. The van der Waals surface area contributed by atoms with Crippen LogP contribution in [0.2, 0.25) is 10.0 Å². The Balaban J connectivity index is 1.94. The SMILES string of the molecule is Cc1c(C(=O)c2sc3cc(Cl)ccc3c2Cl)c(O)n(Cc2ccco2)c(=O)c1C#N. The number of pyridine rings is 1. The molecule has 6 nitrogen and oxygen atoms in total. The van der Waals surface area contributed by atoms with Gasteiger partial charge in [-0.3, -0.25) is 14.2 Å². The lowest BCUT2D eigenvalue weighted by molar-refractivity contribution is 0.103. The Hall–Kier alpha value is -3.05. The Labute approximate surface area is 184 Å². The number of carbonyl (C=O) groups is 1. The van der Waals surface area contributed by atoms with E-state index in [1.807, 2.05) is 6.07 Å². The van der Waals surface area contributed by atoms with E-state index in [0.29, 0.717) is 20.9 Å². The standard InChI is InChI=1S/C21H12Cl2N2O4S/c1-10-14(8-24)20(27)25(9-12-3-2-6-29-12)21(28)16(10)18(26)19-17(23)13-5-4-11(22)7-15(13)30-19/h2-7,28H,9H2,1H3. The molecule has 150 valence electrons. The lowest BCUT2D eigenvalue weighted by Crippen LogP contribution is -2.27. The summed E-state index contributed by atoms with van der Waals surface area (Å²) in [5.41, 5.74) is -1.01. The minimum atomic E-state index is -0.713. The van der Waals surface area contributed by atoms with Crippen molar-refractivity contribution < 1.29 is 14.3 Å². The lowest BCUT2D eigenvalue weighted by Gasteiger charge is -2.14. The minimum Gasteiger partial charge on any atom is -0.494 e. The van der Waals surface area contributed by atoms with Crippen LogP contribution in [0.15, 0.2) is 45.8 Å². The van der Waals surface area contributed by atoms with Crippen molar-refractivity contribution >= 4 is 50.4 Å². The van der Waals surface area contributed by atoms with E-state index >= 15 is 0 Å². The average molecular weight is 459 g/mol. The van der Waals surface area contributed by atoms with E-state index in [2.05, 4.69) is 0 Å². The first kappa shape index (κ1) is 20.2. The largest absolute Gasteiger partial charge is 0.494 e. The van der Waals surface area contributed by atoms with Crippen LogP contribution in [0.5, 0.6) is 5.88 Å². The van der Waals surface area contributed by atoms with Crippen molar-refractivity contribution in [3.05, 3.63) is 84.3 Å². The fourth-order valence-corrected chi connectivity index (χ4v) is 4.97. The Morgan fingerprint density at radius 3 is 2.77 bits per heavy atom. The van der Waals surface area contributed by atoms with Crippen LogP contribution in [0.3, 0.4) is 0 Å². The molecule has 1 N–H and O–H groups in total. The highest BCUT2D eigenvalue weighted by molar-refractivity contribution is 7.21. The van der Waals surface area contributed by atoms with Gasteiger partial charge < -0.3 is 9.52 Å². The van der Waals surface area contributed by atoms with Gasteiger partial charge in [0.1, 0.15) is 17.4 Å². The summed E-state index contributed by atoms with van der Waals surface area (Å²) in [6.45, 7) is 1.31. The molecule has 0 amide bonds. The first-order valence-corrected chi connectivity index (χ1v) is 10.2. The van der Waals surface area contributed by atoms with Crippen LogP contribution in [-0.4, -0.2) is 15.5 Å². The molecule has 9 heteroatoms. The number of nitrogens with zero attached hydrogens (tertiary/aromatic N) is 2. The molecule has 0 aliphatic rings. The summed E-state index contributed by atoms with van der Waals surface area (Å²) in [6.07, 6.45) is 1.42. The number of furan rings is 1. The topological polar surface area (TPSA) is 96.2 Å². The van der Waals surface area contributed by atoms with Crippen molar-refractivity contribution in [2.24, 2.45) is 0 Å². The van der Waals surface area contributed by atoms with E-state index in [1.54, 1.807) is 30.3 Å². The maximum absolute atomic E-state index is 13.4. The summed E-state index contributed by atoms with van der Waals surface area (Å²) in [4.78, 5) is 26.3. The van der Waals surface area contributed by atoms with Crippen molar-refractivity contribution in [2.75, 3.05) is 0 Å². The van der Waals surface area contributed by atoms with E-state index in [4.69, 9.17) is 27.6 Å². The number of carbonyl (C=O) groups excluding carboxylic acids is 1. The van der Waals surface area contributed by atoms with E-state index in [1.165, 1.54) is 13.2 Å². The monoisotopic (exact) mass is 458 g/mol. The number of halogens is 2. The molecule has 4 rings (SSSR count). The Bertz CT molecular complexity index is 1410. The fourth-order valence-electron chi connectivity index (χ4n) is 3.23. The molecular weight excluding hydrogens is 447 g/mol. The normalized spacial score (nSPS) is 11.0. The lowest BCUT2D eigenvalue weighted by atomic mass is 10.0. The maximum atomic E-state index is 13.4. The Morgan fingerprint density at radius 2 is 2.10 bits per heavy atom. The molecule has 0 spiro atoms. The first-order chi connectivity index (χ1) is 14.3. The molecule has 0 aliphatic carbocycles. The highest BCUT2D eigenvalue weighted by Gasteiger charge is 2.28. The zero-order valence-corrected chi connectivity index (χ0v) is 17.7. The van der Waals surface area contributed by atoms with Gasteiger partial charge in [0.25, 0.3) is 5.56 Å². The Morgan fingerprint density at radius 1 is 1.33 bits per heavy atom. The summed E-state index contributed by atoms with van der Waals surface area (Å²) in [6, 6.07) is 10.1. The van der Waals surface area contributed by atoms with Gasteiger partial charge in [-0.2, -0.15) is 5.26 Å². The number of fused-ring (bicyclic) bond motifs is 1. The molecule has 3 aromatic heterocycles. The smallest absolute Gasteiger partial charge is 0.271 e. The molecule has 0 fully saturated rings. The summed E-state index contributed by atoms with van der Waals surface area (Å²) in [5, 5.41) is 21.7. The molecule has 0 radical (unpaired) electrons. The third kappa shape index (κ3) is 3.19. The highest BCUT2D eigenvalue weighted by Crippen LogP contribution is 2.39. The van der Waals surface area contributed by atoms with Crippen LogP contribution >= 0.6 is 34.5 Å². The predicted molar refractivity (Wildman–Crippen MR) is 115 cm³/mol. The van der Waals surface area contributed by atoms with Gasteiger partial charge in [0.2, 0.25) is 11.7 Å². The summed E-state index contributed by atoms with van der Waals surface area (Å²) in [5.74, 6) is -0.755. The van der Waals surface area contributed by atoms with Crippen LogP contribution in [-0.2, 0) is 6.54 Å². The zero-order chi connectivity index (χ0) is 21.6. The molecule has 0 aliphatic heterocycles. The van der Waals surface area contributed by atoms with Gasteiger partial charge in [-0.15, -0.1) is 11.3 Å². The summed E-state index contributed by atoms with van der Waals surface area (Å²) >= 11 is 13.6. The molecule has 30 heavy (non-hydrogen) atoms. The molecule has 0 unspecified atom stereocenters. The van der Waals surface area contributed by atoms with Gasteiger partial charge in [0, 0.05) is 15.1 Å². The van der Waals surface area contributed by atoms with Crippen molar-refractivity contribution in [2.45, 2.75) is 13.5 Å². The van der Waals surface area contributed by atoms with Crippen LogP contribution in [0, 0.1) is 18.3 Å². The van der Waals surface area contributed by atoms with Gasteiger partial charge in [-0.1, -0.05) is 29.3 Å². The molecular formula is C21H12Cl2N2O4S. The van der Waals surface area contributed by atoms with E-state index in [-0.39, 0.29) is 33.1 Å². The number of hydrogen-bond acceptors (Lipinski definition) is 6. The maximum Gasteiger partial charge on any atom is 0.271 e. The van der Waals surface area contributed by atoms with Gasteiger partial charge in [-0.05, 0) is 36.8 Å². The van der Waals surface area contributed by atoms with Gasteiger partial charge in [-0.25, -0.2) is 0 Å². The number of nitriles is 1. The second-order valence-corrected chi connectivity index (χ2v) is 8.36. The number of aromatic hydroxyl groups is 1. The average Bonchev–Trinajstić information content (AvgIpc) is 3.33. The van der Waals surface area contributed by atoms with Crippen molar-refractivity contribution in [1.82, 2.24) is 4.57 Å². The molecule has 0 saturated heterocycles. The van der Waals surface area contributed by atoms with Crippen molar-refractivity contribution in [3.63, 3.8) is 0 Å². The van der Waals surface area contributed by atoms with E-state index in [0.717, 1.165) is 15.9 Å². The van der Waals surface area contributed by atoms with Crippen LogP contribution < -0.4 is 5.56 Å². The number of ketones is 1. The fraction of sp³-hybridized carbons (Fsp3) is 0.0952. The molecule has 0 atom stereocenters. The third-order valence-electron chi connectivity index (χ3n) is 4.72. The predicted octanol–water partition coefficient (Wildman–Crippen LogP) is 5.13. The highest BCUT2D eigenvalue weighted by atomic mass is 35.5. The molecule has 0 bridgehead atoms. The summed E-state index contributed by atoms with van der Waals surface area (Å²) in [7, 11) is 0.